The number of fused-ring (bicyclic) bond motifs is 1. The standard InChI is InChI=1S/C29H46O3/c1-20(8-6-14-27(3,4)31)25-12-13-26-22(9-7-15-28(25,26)5)10-11-23-16-24(30)17-29(21(23)2)18-32-19-29/h10-11,20,24-26,30-31H,2,6-9,12-19H2,1,3-5H3/b22-10+,23-11-/t20-,24+,25-,26+,28-/m1/s1. The van der Waals surface area contributed by atoms with Gasteiger partial charge >= 0.3 is 0 Å². The Balaban J connectivity index is 1.46. The van der Waals surface area contributed by atoms with Crippen LogP contribution in [0.4, 0.5) is 0 Å². The lowest BCUT2D eigenvalue weighted by Gasteiger charge is -2.48. The quantitative estimate of drug-likeness (QED) is 0.503. The molecule has 0 amide bonds. The summed E-state index contributed by atoms with van der Waals surface area (Å²) < 4.78 is 5.50. The Hall–Kier alpha value is -0.900. The molecule has 1 saturated heterocycles. The molecule has 0 bridgehead atoms. The molecule has 5 atom stereocenters. The van der Waals surface area contributed by atoms with E-state index in [0.717, 1.165) is 37.5 Å². The number of aliphatic hydroxyl groups is 2. The van der Waals surface area contributed by atoms with Crippen LogP contribution in [-0.2, 0) is 4.74 Å². The summed E-state index contributed by atoms with van der Waals surface area (Å²) in [4.78, 5) is 0. The van der Waals surface area contributed by atoms with E-state index in [4.69, 9.17) is 4.74 Å². The Bertz CT molecular complexity index is 766. The van der Waals surface area contributed by atoms with E-state index in [9.17, 15) is 10.2 Å². The van der Waals surface area contributed by atoms with Gasteiger partial charge in [-0.3, -0.25) is 0 Å². The van der Waals surface area contributed by atoms with Crippen molar-refractivity contribution in [2.24, 2.45) is 28.6 Å². The summed E-state index contributed by atoms with van der Waals surface area (Å²) in [6.45, 7) is 14.7. The second-order valence-corrected chi connectivity index (χ2v) is 12.5. The summed E-state index contributed by atoms with van der Waals surface area (Å²) >= 11 is 0. The fourth-order valence-corrected chi connectivity index (χ4v) is 7.65. The van der Waals surface area contributed by atoms with Crippen LogP contribution in [0.5, 0.6) is 0 Å². The van der Waals surface area contributed by atoms with Crippen LogP contribution < -0.4 is 0 Å². The summed E-state index contributed by atoms with van der Waals surface area (Å²) in [7, 11) is 0. The van der Waals surface area contributed by atoms with E-state index in [1.54, 1.807) is 5.57 Å². The molecule has 3 nitrogen and oxygen atoms in total. The van der Waals surface area contributed by atoms with Crippen LogP contribution in [0, 0.1) is 28.6 Å². The van der Waals surface area contributed by atoms with Gasteiger partial charge in [-0.05, 0) is 99.5 Å². The van der Waals surface area contributed by atoms with Crippen molar-refractivity contribution in [3.8, 4) is 0 Å². The lowest BCUT2D eigenvalue weighted by atomic mass is 9.60. The van der Waals surface area contributed by atoms with Crippen molar-refractivity contribution in [1.82, 2.24) is 0 Å². The molecule has 3 heteroatoms. The Kier molecular flexibility index (Phi) is 6.85. The minimum absolute atomic E-state index is 0.0138. The first kappa shape index (κ1) is 24.2. The average Bonchev–Trinajstić information content (AvgIpc) is 3.03. The van der Waals surface area contributed by atoms with Crippen molar-refractivity contribution in [1.29, 1.82) is 0 Å². The van der Waals surface area contributed by atoms with Crippen LogP contribution in [0.1, 0.15) is 91.9 Å². The molecule has 1 heterocycles. The fourth-order valence-electron chi connectivity index (χ4n) is 7.65. The zero-order chi connectivity index (χ0) is 23.1. The van der Waals surface area contributed by atoms with E-state index >= 15 is 0 Å². The van der Waals surface area contributed by atoms with Gasteiger partial charge in [-0.15, -0.1) is 0 Å². The number of aliphatic hydroxyl groups excluding tert-OH is 1. The topological polar surface area (TPSA) is 49.7 Å². The van der Waals surface area contributed by atoms with Crippen molar-refractivity contribution in [3.05, 3.63) is 35.5 Å². The molecule has 0 radical (unpaired) electrons. The number of hydrogen-bond acceptors (Lipinski definition) is 3. The molecule has 0 aromatic carbocycles. The van der Waals surface area contributed by atoms with Gasteiger partial charge in [0.1, 0.15) is 0 Å². The van der Waals surface area contributed by atoms with E-state index in [1.165, 1.54) is 49.7 Å². The predicted octanol–water partition coefficient (Wildman–Crippen LogP) is 6.36. The van der Waals surface area contributed by atoms with Gasteiger partial charge < -0.3 is 14.9 Å². The molecule has 32 heavy (non-hydrogen) atoms. The van der Waals surface area contributed by atoms with Crippen molar-refractivity contribution in [2.45, 2.75) is 104 Å². The molecule has 3 aliphatic carbocycles. The smallest absolute Gasteiger partial charge is 0.0591 e. The molecule has 180 valence electrons. The molecule has 4 rings (SSSR count). The molecule has 3 saturated carbocycles. The Morgan fingerprint density at radius 3 is 2.66 bits per heavy atom. The maximum absolute atomic E-state index is 10.5. The first-order valence-corrected chi connectivity index (χ1v) is 13.1. The third kappa shape index (κ3) is 4.68. The lowest BCUT2D eigenvalue weighted by Crippen LogP contribution is -2.49. The Labute approximate surface area is 196 Å². The Morgan fingerprint density at radius 1 is 1.25 bits per heavy atom. The molecule has 0 aromatic rings. The van der Waals surface area contributed by atoms with E-state index < -0.39 is 5.60 Å². The molecule has 2 N–H and O–H groups in total. The third-order valence-corrected chi connectivity index (χ3v) is 9.54. The molecule has 4 aliphatic rings. The van der Waals surface area contributed by atoms with Gasteiger partial charge in [0, 0.05) is 5.41 Å². The average molecular weight is 443 g/mol. The van der Waals surface area contributed by atoms with Gasteiger partial charge in [0.15, 0.2) is 0 Å². The van der Waals surface area contributed by atoms with Gasteiger partial charge in [0.2, 0.25) is 0 Å². The predicted molar refractivity (Wildman–Crippen MR) is 131 cm³/mol. The SMILES string of the molecule is C=C1/C(=C\C=C2/CCC[C@]3(C)[C@@H]([C@H](C)CCCC(C)(C)O)CC[C@@H]23)C[C@H](O)CC12COC2. The van der Waals surface area contributed by atoms with Gasteiger partial charge in [-0.25, -0.2) is 0 Å². The zero-order valence-corrected chi connectivity index (χ0v) is 21.0. The number of ether oxygens (including phenoxy) is 1. The first-order chi connectivity index (χ1) is 15.0. The summed E-state index contributed by atoms with van der Waals surface area (Å²) in [5.41, 5.74) is 3.92. The minimum atomic E-state index is -0.545. The van der Waals surface area contributed by atoms with Crippen molar-refractivity contribution >= 4 is 0 Å². The molecule has 4 fully saturated rings. The molecule has 1 spiro atoms. The second-order valence-electron chi connectivity index (χ2n) is 12.5. The largest absolute Gasteiger partial charge is 0.393 e. The highest BCUT2D eigenvalue weighted by atomic mass is 16.5. The van der Waals surface area contributed by atoms with Gasteiger partial charge in [-0.2, -0.15) is 0 Å². The normalized spacial score (nSPS) is 38.2. The van der Waals surface area contributed by atoms with Crippen LogP contribution in [0.3, 0.4) is 0 Å². The minimum Gasteiger partial charge on any atom is -0.393 e. The highest BCUT2D eigenvalue weighted by Gasteiger charge is 2.50. The van der Waals surface area contributed by atoms with E-state index in [0.29, 0.717) is 24.5 Å². The second kappa shape index (κ2) is 9.04. The van der Waals surface area contributed by atoms with Crippen LogP contribution >= 0.6 is 0 Å². The fraction of sp³-hybridized carbons (Fsp3) is 0.793. The molecular weight excluding hydrogens is 396 g/mol. The lowest BCUT2D eigenvalue weighted by molar-refractivity contribution is -0.114. The van der Waals surface area contributed by atoms with Crippen molar-refractivity contribution in [3.63, 3.8) is 0 Å². The van der Waals surface area contributed by atoms with Crippen molar-refractivity contribution in [2.75, 3.05) is 13.2 Å². The maximum atomic E-state index is 10.5. The summed E-state index contributed by atoms with van der Waals surface area (Å²) in [6, 6.07) is 0. The van der Waals surface area contributed by atoms with Crippen molar-refractivity contribution < 1.29 is 14.9 Å². The maximum Gasteiger partial charge on any atom is 0.0591 e. The third-order valence-electron chi connectivity index (χ3n) is 9.54. The van der Waals surface area contributed by atoms with Crippen LogP contribution in [0.15, 0.2) is 35.5 Å². The van der Waals surface area contributed by atoms with E-state index in [2.05, 4.69) is 32.6 Å². The first-order valence-electron chi connectivity index (χ1n) is 13.1. The highest BCUT2D eigenvalue weighted by molar-refractivity contribution is 5.42. The highest BCUT2D eigenvalue weighted by Crippen LogP contribution is 2.60. The van der Waals surface area contributed by atoms with Gasteiger partial charge in [-0.1, -0.05) is 51.0 Å². The van der Waals surface area contributed by atoms with E-state index in [1.807, 2.05) is 13.8 Å². The summed E-state index contributed by atoms with van der Waals surface area (Å²) in [5, 5.41) is 20.5. The number of hydrogen-bond donors (Lipinski definition) is 2. The zero-order valence-electron chi connectivity index (χ0n) is 21.0. The Morgan fingerprint density at radius 2 is 2.00 bits per heavy atom. The number of allylic oxidation sites excluding steroid dienone is 3. The molecule has 1 aliphatic heterocycles. The molecular formula is C29H46O3. The molecule has 0 unspecified atom stereocenters. The van der Waals surface area contributed by atoms with Crippen LogP contribution in [-0.4, -0.2) is 35.1 Å². The van der Waals surface area contributed by atoms with Crippen LogP contribution in [0.25, 0.3) is 0 Å². The number of rotatable bonds is 6. The van der Waals surface area contributed by atoms with Gasteiger partial charge in [0.05, 0.1) is 24.9 Å². The molecule has 0 aromatic heterocycles. The summed E-state index contributed by atoms with van der Waals surface area (Å²) in [6.07, 6.45) is 15.7. The summed E-state index contributed by atoms with van der Waals surface area (Å²) in [5.74, 6) is 2.20. The van der Waals surface area contributed by atoms with E-state index in [-0.39, 0.29) is 11.5 Å². The monoisotopic (exact) mass is 442 g/mol. The van der Waals surface area contributed by atoms with Crippen LogP contribution in [0.2, 0.25) is 0 Å². The van der Waals surface area contributed by atoms with Gasteiger partial charge in [0.25, 0.3) is 0 Å².